The van der Waals surface area contributed by atoms with Crippen LogP contribution >= 0.6 is 11.6 Å². The van der Waals surface area contributed by atoms with E-state index in [0.29, 0.717) is 22.1 Å². The Balaban J connectivity index is 2.28. The summed E-state index contributed by atoms with van der Waals surface area (Å²) < 4.78 is 1.81. The van der Waals surface area contributed by atoms with Gasteiger partial charge in [-0.2, -0.15) is 0 Å². The first-order valence-electron chi connectivity index (χ1n) is 6.97. The number of tetrazole rings is 1. The summed E-state index contributed by atoms with van der Waals surface area (Å²) in [6.07, 6.45) is 4.62. The molecule has 20 heavy (non-hydrogen) atoms. The number of aromatic nitrogens is 4. The van der Waals surface area contributed by atoms with Crippen molar-refractivity contribution in [3.8, 4) is 11.4 Å². The lowest BCUT2D eigenvalue weighted by Crippen LogP contribution is -2.10. The first kappa shape index (κ1) is 14.8. The third-order valence-corrected chi connectivity index (χ3v) is 3.72. The molecule has 0 saturated heterocycles. The van der Waals surface area contributed by atoms with Gasteiger partial charge in [-0.25, -0.2) is 4.68 Å². The van der Waals surface area contributed by atoms with E-state index in [1.54, 1.807) is 6.07 Å². The van der Waals surface area contributed by atoms with Crippen LogP contribution in [0, 0.1) is 0 Å². The highest BCUT2D eigenvalue weighted by Crippen LogP contribution is 2.32. The minimum absolute atomic E-state index is 0.224. The predicted molar refractivity (Wildman–Crippen MR) is 81.5 cm³/mol. The third kappa shape index (κ3) is 3.10. The zero-order valence-electron chi connectivity index (χ0n) is 11.9. The average Bonchev–Trinajstić information content (AvgIpc) is 2.88. The Morgan fingerprint density at radius 3 is 2.85 bits per heavy atom. The molecule has 0 amide bonds. The molecular weight excluding hydrogens is 274 g/mol. The molecule has 1 aromatic heterocycles. The molecule has 0 saturated carbocycles. The van der Waals surface area contributed by atoms with Crippen LogP contribution in [0.25, 0.3) is 11.4 Å². The van der Waals surface area contributed by atoms with E-state index >= 15 is 0 Å². The number of nitrogens with two attached hydrogens (primary N) is 1. The number of nitrogens with zero attached hydrogens (tertiary/aromatic N) is 4. The van der Waals surface area contributed by atoms with Crippen LogP contribution in [-0.4, -0.2) is 20.2 Å². The van der Waals surface area contributed by atoms with Gasteiger partial charge >= 0.3 is 0 Å². The maximum atomic E-state index is 6.24. The molecule has 108 valence electrons. The monoisotopic (exact) mass is 293 g/mol. The van der Waals surface area contributed by atoms with Gasteiger partial charge in [-0.3, -0.25) is 0 Å². The molecule has 0 aliphatic rings. The Bertz CT molecular complexity index is 546. The van der Waals surface area contributed by atoms with E-state index in [4.69, 9.17) is 17.3 Å². The fraction of sp³-hybridized carbons (Fsp3) is 0.500. The summed E-state index contributed by atoms with van der Waals surface area (Å²) in [7, 11) is 0. The zero-order valence-corrected chi connectivity index (χ0v) is 12.6. The predicted octanol–water partition coefficient (Wildman–Crippen LogP) is 3.72. The average molecular weight is 294 g/mol. The molecule has 1 heterocycles. The van der Waals surface area contributed by atoms with Crippen molar-refractivity contribution in [3.63, 3.8) is 0 Å². The lowest BCUT2D eigenvalue weighted by atomic mass is 10.1. The van der Waals surface area contributed by atoms with Gasteiger partial charge in [0, 0.05) is 5.69 Å². The van der Waals surface area contributed by atoms with Crippen molar-refractivity contribution >= 4 is 17.3 Å². The molecule has 6 heteroatoms. The zero-order chi connectivity index (χ0) is 14.5. The van der Waals surface area contributed by atoms with Gasteiger partial charge in [0.25, 0.3) is 0 Å². The molecule has 0 bridgehead atoms. The minimum Gasteiger partial charge on any atom is -0.398 e. The maximum absolute atomic E-state index is 6.24. The Kier molecular flexibility index (Phi) is 4.95. The van der Waals surface area contributed by atoms with Crippen molar-refractivity contribution in [1.29, 1.82) is 0 Å². The van der Waals surface area contributed by atoms with Gasteiger partial charge < -0.3 is 5.73 Å². The summed E-state index contributed by atoms with van der Waals surface area (Å²) in [5.74, 6) is 0.636. The molecule has 2 aromatic rings. The number of nitrogen functional groups attached to an aromatic ring is 1. The summed E-state index contributed by atoms with van der Waals surface area (Å²) in [4.78, 5) is 0. The molecule has 2 rings (SSSR count). The summed E-state index contributed by atoms with van der Waals surface area (Å²) >= 11 is 6.24. The highest BCUT2D eigenvalue weighted by molar-refractivity contribution is 6.33. The summed E-state index contributed by atoms with van der Waals surface area (Å²) in [6, 6.07) is 5.65. The van der Waals surface area contributed by atoms with Crippen molar-refractivity contribution in [3.05, 3.63) is 23.2 Å². The lowest BCUT2D eigenvalue weighted by Gasteiger charge is -2.14. The van der Waals surface area contributed by atoms with Crippen LogP contribution in [0.15, 0.2) is 18.2 Å². The largest absolute Gasteiger partial charge is 0.398 e. The number of anilines is 1. The molecule has 5 nitrogen and oxygen atoms in total. The molecule has 0 aliphatic heterocycles. The number of hydrogen-bond acceptors (Lipinski definition) is 4. The van der Waals surface area contributed by atoms with Crippen LogP contribution < -0.4 is 5.73 Å². The fourth-order valence-electron chi connectivity index (χ4n) is 2.24. The maximum Gasteiger partial charge on any atom is 0.185 e. The van der Waals surface area contributed by atoms with Crippen LogP contribution in [0.2, 0.25) is 5.02 Å². The van der Waals surface area contributed by atoms with E-state index in [0.717, 1.165) is 12.8 Å². The summed E-state index contributed by atoms with van der Waals surface area (Å²) in [5, 5.41) is 12.5. The van der Waals surface area contributed by atoms with Gasteiger partial charge in [0.15, 0.2) is 5.82 Å². The Morgan fingerprint density at radius 2 is 2.15 bits per heavy atom. The van der Waals surface area contributed by atoms with Crippen LogP contribution in [0.5, 0.6) is 0 Å². The Labute approximate surface area is 124 Å². The van der Waals surface area contributed by atoms with Crippen molar-refractivity contribution in [2.75, 3.05) is 5.73 Å². The number of rotatable bonds is 6. The lowest BCUT2D eigenvalue weighted by molar-refractivity contribution is 0.432. The van der Waals surface area contributed by atoms with Gasteiger partial charge in [0.1, 0.15) is 0 Å². The molecule has 0 radical (unpaired) electrons. The highest BCUT2D eigenvalue weighted by atomic mass is 35.5. The third-order valence-electron chi connectivity index (χ3n) is 3.41. The van der Waals surface area contributed by atoms with Gasteiger partial charge in [-0.1, -0.05) is 43.9 Å². The van der Waals surface area contributed by atoms with Gasteiger partial charge in [0.05, 0.1) is 16.6 Å². The van der Waals surface area contributed by atoms with Crippen LogP contribution in [-0.2, 0) is 0 Å². The summed E-state index contributed by atoms with van der Waals surface area (Å²) in [5.41, 5.74) is 7.31. The van der Waals surface area contributed by atoms with E-state index in [1.165, 1.54) is 12.8 Å². The second kappa shape index (κ2) is 6.70. The topological polar surface area (TPSA) is 69.6 Å². The molecular formula is C14H20ClN5. The van der Waals surface area contributed by atoms with E-state index in [1.807, 2.05) is 16.8 Å². The molecule has 1 unspecified atom stereocenters. The van der Waals surface area contributed by atoms with E-state index in [2.05, 4.69) is 29.4 Å². The van der Waals surface area contributed by atoms with Crippen molar-refractivity contribution in [2.24, 2.45) is 0 Å². The van der Waals surface area contributed by atoms with Crippen molar-refractivity contribution in [2.45, 2.75) is 45.6 Å². The van der Waals surface area contributed by atoms with E-state index < -0.39 is 0 Å². The standard InChI is InChI=1S/C14H20ClN5/c1-3-4-5-7-10(2)20-14(17-18-19-20)13-11(15)8-6-9-12(13)16/h6,8-10H,3-5,7,16H2,1-2H3. The van der Waals surface area contributed by atoms with E-state index in [-0.39, 0.29) is 6.04 Å². The highest BCUT2D eigenvalue weighted by Gasteiger charge is 2.18. The second-order valence-corrected chi connectivity index (χ2v) is 5.40. The number of hydrogen-bond donors (Lipinski definition) is 1. The molecule has 0 spiro atoms. The van der Waals surface area contributed by atoms with Gasteiger partial charge in [0.2, 0.25) is 0 Å². The molecule has 0 fully saturated rings. The van der Waals surface area contributed by atoms with Gasteiger partial charge in [-0.05, 0) is 35.9 Å². The second-order valence-electron chi connectivity index (χ2n) is 5.00. The normalized spacial score (nSPS) is 12.6. The quantitative estimate of drug-likeness (QED) is 0.651. The minimum atomic E-state index is 0.224. The van der Waals surface area contributed by atoms with E-state index in [9.17, 15) is 0 Å². The SMILES string of the molecule is CCCCCC(C)n1nnnc1-c1c(N)cccc1Cl. The molecule has 1 aromatic carbocycles. The summed E-state index contributed by atoms with van der Waals surface area (Å²) in [6.45, 7) is 4.31. The van der Waals surface area contributed by atoms with Crippen molar-refractivity contribution in [1.82, 2.24) is 20.2 Å². The number of halogens is 1. The number of unbranched alkanes of at least 4 members (excludes halogenated alkanes) is 2. The Hall–Kier alpha value is -1.62. The first-order chi connectivity index (χ1) is 9.65. The van der Waals surface area contributed by atoms with Crippen LogP contribution in [0.4, 0.5) is 5.69 Å². The van der Waals surface area contributed by atoms with Crippen LogP contribution in [0.1, 0.15) is 45.6 Å². The van der Waals surface area contributed by atoms with Crippen LogP contribution in [0.3, 0.4) is 0 Å². The molecule has 2 N–H and O–H groups in total. The fourth-order valence-corrected chi connectivity index (χ4v) is 2.51. The number of benzene rings is 1. The Morgan fingerprint density at radius 1 is 1.35 bits per heavy atom. The van der Waals surface area contributed by atoms with Crippen molar-refractivity contribution < 1.29 is 0 Å². The van der Waals surface area contributed by atoms with Gasteiger partial charge in [-0.15, -0.1) is 5.10 Å². The molecule has 0 aliphatic carbocycles. The molecule has 1 atom stereocenters. The smallest absolute Gasteiger partial charge is 0.185 e. The first-order valence-corrected chi connectivity index (χ1v) is 7.35.